The second-order valence-electron chi connectivity index (χ2n) is 4.98. The Bertz CT molecular complexity index is 729. The van der Waals surface area contributed by atoms with Gasteiger partial charge in [0.25, 0.3) is 0 Å². The van der Waals surface area contributed by atoms with Crippen molar-refractivity contribution in [1.29, 1.82) is 0 Å². The zero-order chi connectivity index (χ0) is 17.4. The molecule has 0 fully saturated rings. The van der Waals surface area contributed by atoms with Crippen LogP contribution in [0.15, 0.2) is 53.6 Å². The van der Waals surface area contributed by atoms with Gasteiger partial charge in [0.05, 0.1) is 6.21 Å². The van der Waals surface area contributed by atoms with Crippen LogP contribution in [0.1, 0.15) is 18.1 Å². The monoisotopic (exact) mass is 344 g/mol. The Balaban J connectivity index is 1.77. The highest BCUT2D eigenvalue weighted by atomic mass is 32.1. The summed E-state index contributed by atoms with van der Waals surface area (Å²) in [6, 6.07) is 13.4. The number of benzene rings is 2. The molecule has 0 aliphatic heterocycles. The molecule has 0 radical (unpaired) electrons. The summed E-state index contributed by atoms with van der Waals surface area (Å²) in [7, 11) is 0. The fourth-order valence-electron chi connectivity index (χ4n) is 1.85. The Morgan fingerprint density at radius 1 is 1.17 bits per heavy atom. The summed E-state index contributed by atoms with van der Waals surface area (Å²) in [5.41, 5.74) is 5.21. The second-order valence-corrected chi connectivity index (χ2v) is 5.39. The summed E-state index contributed by atoms with van der Waals surface area (Å²) in [4.78, 5) is 10.9. The Morgan fingerprint density at radius 2 is 1.83 bits per heavy atom. The van der Waals surface area contributed by atoms with Gasteiger partial charge in [0.15, 0.2) is 5.11 Å². The lowest BCUT2D eigenvalue weighted by molar-refractivity contribution is -0.114. The number of nitrogens with zero attached hydrogens (tertiary/aromatic N) is 1. The van der Waals surface area contributed by atoms with Crippen LogP contribution in [0.4, 0.5) is 10.1 Å². The first kappa shape index (κ1) is 17.6. The first-order valence-corrected chi connectivity index (χ1v) is 7.63. The number of thiocarbonyl (C=S) groups is 1. The highest BCUT2D eigenvalue weighted by Gasteiger charge is 1.97. The van der Waals surface area contributed by atoms with E-state index in [-0.39, 0.29) is 11.7 Å². The number of amides is 1. The van der Waals surface area contributed by atoms with Gasteiger partial charge in [0.2, 0.25) is 5.91 Å². The van der Waals surface area contributed by atoms with E-state index in [9.17, 15) is 9.18 Å². The van der Waals surface area contributed by atoms with Gasteiger partial charge in [-0.1, -0.05) is 24.3 Å². The topological polar surface area (TPSA) is 65.5 Å². The van der Waals surface area contributed by atoms with Gasteiger partial charge in [-0.25, -0.2) is 4.39 Å². The van der Waals surface area contributed by atoms with Crippen molar-refractivity contribution < 1.29 is 9.18 Å². The third-order valence-corrected chi connectivity index (χ3v) is 3.21. The molecule has 7 heteroatoms. The average molecular weight is 344 g/mol. The van der Waals surface area contributed by atoms with E-state index in [0.717, 1.165) is 16.8 Å². The van der Waals surface area contributed by atoms with E-state index < -0.39 is 0 Å². The molecule has 2 rings (SSSR count). The van der Waals surface area contributed by atoms with Crippen molar-refractivity contribution in [3.05, 3.63) is 65.5 Å². The van der Waals surface area contributed by atoms with Crippen LogP contribution in [0, 0.1) is 5.82 Å². The van der Waals surface area contributed by atoms with Crippen LogP contribution in [-0.2, 0) is 11.3 Å². The number of carbonyl (C=O) groups is 1. The molecule has 0 aromatic heterocycles. The van der Waals surface area contributed by atoms with E-state index in [1.807, 2.05) is 12.1 Å². The zero-order valence-electron chi connectivity index (χ0n) is 13.0. The molecule has 1 amide bonds. The molecular weight excluding hydrogens is 327 g/mol. The van der Waals surface area contributed by atoms with Gasteiger partial charge >= 0.3 is 0 Å². The molecule has 0 aliphatic carbocycles. The van der Waals surface area contributed by atoms with Crippen LogP contribution in [0.5, 0.6) is 0 Å². The number of halogens is 1. The molecule has 5 nitrogen and oxygen atoms in total. The van der Waals surface area contributed by atoms with E-state index in [1.54, 1.807) is 30.5 Å². The lowest BCUT2D eigenvalue weighted by Gasteiger charge is -2.07. The number of hydrazone groups is 1. The first-order chi connectivity index (χ1) is 11.5. The summed E-state index contributed by atoms with van der Waals surface area (Å²) < 4.78 is 12.8. The summed E-state index contributed by atoms with van der Waals surface area (Å²) in [6.07, 6.45) is 1.61. The van der Waals surface area contributed by atoms with Crippen molar-refractivity contribution in [3.8, 4) is 0 Å². The molecule has 124 valence electrons. The number of nitrogens with one attached hydrogen (secondary N) is 3. The first-order valence-electron chi connectivity index (χ1n) is 7.22. The quantitative estimate of drug-likeness (QED) is 0.443. The molecule has 0 aliphatic rings. The van der Waals surface area contributed by atoms with Gasteiger partial charge in [-0.2, -0.15) is 5.10 Å². The number of hydrogen-bond acceptors (Lipinski definition) is 3. The number of carbonyl (C=O) groups excluding carboxylic acids is 1. The number of rotatable bonds is 5. The Labute approximate surface area is 145 Å². The van der Waals surface area contributed by atoms with Crippen molar-refractivity contribution in [1.82, 2.24) is 10.7 Å². The van der Waals surface area contributed by atoms with Gasteiger partial charge in [-0.3, -0.25) is 10.2 Å². The second kappa shape index (κ2) is 8.73. The third-order valence-electron chi connectivity index (χ3n) is 2.98. The summed E-state index contributed by atoms with van der Waals surface area (Å²) in [5, 5.41) is 10.1. The third kappa shape index (κ3) is 6.13. The van der Waals surface area contributed by atoms with Crippen LogP contribution < -0.4 is 16.1 Å². The normalized spacial score (nSPS) is 10.4. The van der Waals surface area contributed by atoms with Crippen LogP contribution >= 0.6 is 12.2 Å². The summed E-state index contributed by atoms with van der Waals surface area (Å²) >= 11 is 5.11. The maximum atomic E-state index is 12.8. The van der Waals surface area contributed by atoms with Crippen LogP contribution in [0.3, 0.4) is 0 Å². The fraction of sp³-hybridized carbons (Fsp3) is 0.118. The van der Waals surface area contributed by atoms with Gasteiger partial charge in [0.1, 0.15) is 5.82 Å². The standard InChI is InChI=1S/C17H17FN4OS/c1-12(23)21-16-8-4-14(5-9-16)11-20-22-17(24)19-10-13-2-6-15(18)7-3-13/h2-9,11H,10H2,1H3,(H,21,23)(H2,19,22,24)/b20-11-. The molecule has 0 unspecified atom stereocenters. The Hall–Kier alpha value is -2.80. The van der Waals surface area contributed by atoms with Crippen molar-refractivity contribution in [2.24, 2.45) is 5.10 Å². The SMILES string of the molecule is CC(=O)Nc1ccc(/C=N\NC(=S)NCc2ccc(F)cc2)cc1. The van der Waals surface area contributed by atoms with Gasteiger partial charge in [0, 0.05) is 19.2 Å². The lowest BCUT2D eigenvalue weighted by Crippen LogP contribution is -2.31. The largest absolute Gasteiger partial charge is 0.357 e. The molecule has 0 saturated heterocycles. The predicted molar refractivity (Wildman–Crippen MR) is 97.3 cm³/mol. The van der Waals surface area contributed by atoms with E-state index >= 15 is 0 Å². The molecule has 0 atom stereocenters. The Morgan fingerprint density at radius 3 is 2.46 bits per heavy atom. The maximum absolute atomic E-state index is 12.8. The molecular formula is C17H17FN4OS. The van der Waals surface area contributed by atoms with E-state index in [1.165, 1.54) is 19.1 Å². The van der Waals surface area contributed by atoms with Crippen molar-refractivity contribution in [2.45, 2.75) is 13.5 Å². The minimum absolute atomic E-state index is 0.115. The zero-order valence-corrected chi connectivity index (χ0v) is 13.9. The minimum atomic E-state index is -0.270. The van der Waals surface area contributed by atoms with Crippen molar-refractivity contribution in [3.63, 3.8) is 0 Å². The number of anilines is 1. The summed E-state index contributed by atoms with van der Waals surface area (Å²) in [6.45, 7) is 1.94. The smallest absolute Gasteiger partial charge is 0.221 e. The highest BCUT2D eigenvalue weighted by Crippen LogP contribution is 2.07. The van der Waals surface area contributed by atoms with Gasteiger partial charge in [-0.15, -0.1) is 0 Å². The minimum Gasteiger partial charge on any atom is -0.357 e. The van der Waals surface area contributed by atoms with Crippen molar-refractivity contribution >= 4 is 35.1 Å². The molecule has 0 spiro atoms. The number of hydrogen-bond donors (Lipinski definition) is 3. The summed E-state index contributed by atoms with van der Waals surface area (Å²) in [5.74, 6) is -0.385. The maximum Gasteiger partial charge on any atom is 0.221 e. The van der Waals surface area contributed by atoms with Crippen LogP contribution in [0.25, 0.3) is 0 Å². The van der Waals surface area contributed by atoms with Crippen molar-refractivity contribution in [2.75, 3.05) is 5.32 Å². The molecule has 3 N–H and O–H groups in total. The fourth-order valence-corrected chi connectivity index (χ4v) is 1.97. The molecule has 0 heterocycles. The predicted octanol–water partition coefficient (Wildman–Crippen LogP) is 2.78. The van der Waals surface area contributed by atoms with E-state index in [2.05, 4.69) is 21.2 Å². The van der Waals surface area contributed by atoms with E-state index in [0.29, 0.717) is 11.7 Å². The average Bonchev–Trinajstić information content (AvgIpc) is 2.55. The van der Waals surface area contributed by atoms with Gasteiger partial charge < -0.3 is 10.6 Å². The molecule has 0 bridgehead atoms. The van der Waals surface area contributed by atoms with Gasteiger partial charge in [-0.05, 0) is 47.6 Å². The van der Waals surface area contributed by atoms with E-state index in [4.69, 9.17) is 12.2 Å². The molecule has 2 aromatic rings. The highest BCUT2D eigenvalue weighted by molar-refractivity contribution is 7.80. The molecule has 0 saturated carbocycles. The lowest BCUT2D eigenvalue weighted by atomic mass is 10.2. The molecule has 24 heavy (non-hydrogen) atoms. The van der Waals surface area contributed by atoms with Crippen LogP contribution in [0.2, 0.25) is 0 Å². The Kier molecular flexibility index (Phi) is 6.39. The molecule has 2 aromatic carbocycles. The van der Waals surface area contributed by atoms with Crippen LogP contribution in [-0.4, -0.2) is 17.2 Å².